The molecule has 0 aliphatic carbocycles. The van der Waals surface area contributed by atoms with E-state index in [1.54, 1.807) is 7.11 Å². The highest BCUT2D eigenvalue weighted by Gasteiger charge is 2.28. The molecule has 1 saturated heterocycles. The third-order valence-corrected chi connectivity index (χ3v) is 2.64. The normalized spacial score (nSPS) is 23.1. The van der Waals surface area contributed by atoms with Crippen LogP contribution in [0.15, 0.2) is 0 Å². The standard InChI is InChI=1S/C12H23NO3/c1-12(2,3)16-11(14)8-10(15-4)9-6-5-7-13-9/h9-10,13H,5-8H2,1-4H3/t9?,10-/m1/s1. The van der Waals surface area contributed by atoms with Crippen molar-refractivity contribution in [1.29, 1.82) is 0 Å². The van der Waals surface area contributed by atoms with Crippen LogP contribution in [-0.2, 0) is 14.3 Å². The smallest absolute Gasteiger partial charge is 0.309 e. The summed E-state index contributed by atoms with van der Waals surface area (Å²) in [5, 5.41) is 3.34. The van der Waals surface area contributed by atoms with Gasteiger partial charge in [-0.3, -0.25) is 4.79 Å². The molecule has 1 heterocycles. The van der Waals surface area contributed by atoms with Gasteiger partial charge in [-0.1, -0.05) is 0 Å². The third-order valence-electron chi connectivity index (χ3n) is 2.64. The van der Waals surface area contributed by atoms with Gasteiger partial charge < -0.3 is 14.8 Å². The first-order chi connectivity index (χ1) is 7.42. The summed E-state index contributed by atoms with van der Waals surface area (Å²) in [6.07, 6.45) is 2.48. The molecule has 1 unspecified atom stereocenters. The first kappa shape index (κ1) is 13.5. The van der Waals surface area contributed by atoms with E-state index in [9.17, 15) is 4.79 Å². The van der Waals surface area contributed by atoms with E-state index in [2.05, 4.69) is 5.32 Å². The van der Waals surface area contributed by atoms with Crippen LogP contribution >= 0.6 is 0 Å². The van der Waals surface area contributed by atoms with Crippen LogP contribution in [-0.4, -0.2) is 37.4 Å². The Bertz CT molecular complexity index is 229. The highest BCUT2D eigenvalue weighted by molar-refractivity contribution is 5.70. The lowest BCUT2D eigenvalue weighted by atomic mass is 10.1. The highest BCUT2D eigenvalue weighted by atomic mass is 16.6. The molecule has 0 aromatic heterocycles. The Kier molecular flexibility index (Phi) is 4.74. The molecule has 1 aliphatic heterocycles. The summed E-state index contributed by atoms with van der Waals surface area (Å²) in [5.41, 5.74) is -0.418. The van der Waals surface area contributed by atoms with Crippen LogP contribution in [0.5, 0.6) is 0 Å². The highest BCUT2D eigenvalue weighted by Crippen LogP contribution is 2.17. The van der Waals surface area contributed by atoms with Gasteiger partial charge in [0.2, 0.25) is 0 Å². The summed E-state index contributed by atoms with van der Waals surface area (Å²) in [7, 11) is 1.65. The SMILES string of the molecule is CO[C@H](CC(=O)OC(C)(C)C)C1CCCN1. The van der Waals surface area contributed by atoms with Crippen molar-refractivity contribution < 1.29 is 14.3 Å². The number of methoxy groups -OCH3 is 1. The van der Waals surface area contributed by atoms with Crippen molar-refractivity contribution in [3.8, 4) is 0 Å². The number of esters is 1. The number of carbonyl (C=O) groups excluding carboxylic acids is 1. The quantitative estimate of drug-likeness (QED) is 0.742. The monoisotopic (exact) mass is 229 g/mol. The fourth-order valence-corrected chi connectivity index (χ4v) is 1.97. The molecule has 0 aromatic carbocycles. The number of hydrogen-bond acceptors (Lipinski definition) is 4. The van der Waals surface area contributed by atoms with Crippen LogP contribution in [0, 0.1) is 0 Å². The van der Waals surface area contributed by atoms with Gasteiger partial charge in [-0.2, -0.15) is 0 Å². The van der Waals surface area contributed by atoms with Crippen LogP contribution in [0.3, 0.4) is 0 Å². The maximum atomic E-state index is 11.7. The molecular weight excluding hydrogens is 206 g/mol. The van der Waals surface area contributed by atoms with E-state index in [0.29, 0.717) is 6.42 Å². The van der Waals surface area contributed by atoms with Gasteiger partial charge in [-0.05, 0) is 40.2 Å². The molecule has 0 spiro atoms. The van der Waals surface area contributed by atoms with Crippen LogP contribution < -0.4 is 5.32 Å². The second-order valence-electron chi connectivity index (χ2n) is 5.27. The van der Waals surface area contributed by atoms with E-state index in [-0.39, 0.29) is 18.1 Å². The number of rotatable bonds is 4. The summed E-state index contributed by atoms with van der Waals surface area (Å²) < 4.78 is 10.6. The van der Waals surface area contributed by atoms with E-state index in [4.69, 9.17) is 9.47 Å². The van der Waals surface area contributed by atoms with Crippen molar-refractivity contribution in [2.75, 3.05) is 13.7 Å². The summed E-state index contributed by atoms with van der Waals surface area (Å²) in [6.45, 7) is 6.64. The minimum atomic E-state index is -0.418. The Balaban J connectivity index is 2.40. The van der Waals surface area contributed by atoms with E-state index in [1.807, 2.05) is 20.8 Å². The van der Waals surface area contributed by atoms with Crippen molar-refractivity contribution in [2.24, 2.45) is 0 Å². The van der Waals surface area contributed by atoms with Gasteiger partial charge in [0.05, 0.1) is 12.5 Å². The lowest BCUT2D eigenvalue weighted by Gasteiger charge is -2.24. The largest absolute Gasteiger partial charge is 0.460 e. The molecule has 2 atom stereocenters. The molecule has 0 radical (unpaired) electrons. The zero-order valence-electron chi connectivity index (χ0n) is 10.7. The second-order valence-corrected chi connectivity index (χ2v) is 5.27. The third kappa shape index (κ3) is 4.49. The number of ether oxygens (including phenoxy) is 2. The van der Waals surface area contributed by atoms with Crippen molar-refractivity contribution in [3.63, 3.8) is 0 Å². The van der Waals surface area contributed by atoms with Crippen molar-refractivity contribution in [2.45, 2.75) is 57.8 Å². The Labute approximate surface area is 97.7 Å². The average Bonchev–Trinajstić information content (AvgIpc) is 2.63. The summed E-state index contributed by atoms with van der Waals surface area (Å²) in [4.78, 5) is 11.7. The molecule has 1 fully saturated rings. The number of nitrogens with one attached hydrogen (secondary N) is 1. The predicted octanol–water partition coefficient (Wildman–Crippen LogP) is 1.49. The Morgan fingerprint density at radius 3 is 2.62 bits per heavy atom. The molecular formula is C12H23NO3. The average molecular weight is 229 g/mol. The Hall–Kier alpha value is -0.610. The second kappa shape index (κ2) is 5.64. The van der Waals surface area contributed by atoms with Crippen LogP contribution in [0.1, 0.15) is 40.0 Å². The maximum absolute atomic E-state index is 11.7. The van der Waals surface area contributed by atoms with Crippen molar-refractivity contribution >= 4 is 5.97 Å². The minimum Gasteiger partial charge on any atom is -0.460 e. The molecule has 0 aromatic rings. The summed E-state index contributed by atoms with van der Waals surface area (Å²) in [5.74, 6) is -0.187. The zero-order valence-corrected chi connectivity index (χ0v) is 10.7. The summed E-state index contributed by atoms with van der Waals surface area (Å²) in [6, 6.07) is 0.289. The summed E-state index contributed by atoms with van der Waals surface area (Å²) >= 11 is 0. The van der Waals surface area contributed by atoms with Gasteiger partial charge in [0, 0.05) is 13.2 Å². The lowest BCUT2D eigenvalue weighted by molar-refractivity contribution is -0.158. The lowest BCUT2D eigenvalue weighted by Crippen LogP contribution is -2.39. The van der Waals surface area contributed by atoms with Crippen LogP contribution in [0.4, 0.5) is 0 Å². The van der Waals surface area contributed by atoms with Crippen LogP contribution in [0.25, 0.3) is 0 Å². The Morgan fingerprint density at radius 1 is 1.50 bits per heavy atom. The van der Waals surface area contributed by atoms with E-state index in [1.165, 1.54) is 0 Å². The first-order valence-corrected chi connectivity index (χ1v) is 5.90. The van der Waals surface area contributed by atoms with Crippen molar-refractivity contribution in [3.05, 3.63) is 0 Å². The molecule has 1 aliphatic rings. The van der Waals surface area contributed by atoms with E-state index >= 15 is 0 Å². The Morgan fingerprint density at radius 2 is 2.19 bits per heavy atom. The molecule has 0 bridgehead atoms. The fraction of sp³-hybridized carbons (Fsp3) is 0.917. The topological polar surface area (TPSA) is 47.6 Å². The van der Waals surface area contributed by atoms with Gasteiger partial charge in [0.25, 0.3) is 0 Å². The van der Waals surface area contributed by atoms with Crippen LogP contribution in [0.2, 0.25) is 0 Å². The molecule has 16 heavy (non-hydrogen) atoms. The first-order valence-electron chi connectivity index (χ1n) is 5.90. The molecule has 94 valence electrons. The molecule has 1 N–H and O–H groups in total. The molecule has 0 amide bonds. The molecule has 4 nitrogen and oxygen atoms in total. The molecule has 4 heteroatoms. The predicted molar refractivity (Wildman–Crippen MR) is 62.3 cm³/mol. The fourth-order valence-electron chi connectivity index (χ4n) is 1.97. The molecule has 0 saturated carbocycles. The minimum absolute atomic E-state index is 0.0719. The van der Waals surface area contributed by atoms with Crippen molar-refractivity contribution in [1.82, 2.24) is 5.32 Å². The van der Waals surface area contributed by atoms with Gasteiger partial charge in [-0.25, -0.2) is 0 Å². The van der Waals surface area contributed by atoms with Gasteiger partial charge in [0.15, 0.2) is 0 Å². The van der Waals surface area contributed by atoms with E-state index < -0.39 is 5.60 Å². The zero-order chi connectivity index (χ0) is 12.2. The van der Waals surface area contributed by atoms with Gasteiger partial charge >= 0.3 is 5.97 Å². The number of carbonyl (C=O) groups is 1. The van der Waals surface area contributed by atoms with Gasteiger partial charge in [0.1, 0.15) is 5.60 Å². The molecule has 1 rings (SSSR count). The number of hydrogen-bond donors (Lipinski definition) is 1. The van der Waals surface area contributed by atoms with Gasteiger partial charge in [-0.15, -0.1) is 0 Å². The maximum Gasteiger partial charge on any atom is 0.309 e. The van der Waals surface area contributed by atoms with E-state index in [0.717, 1.165) is 19.4 Å².